The minimum absolute atomic E-state index is 0.00289. The van der Waals surface area contributed by atoms with E-state index in [1.165, 1.54) is 7.11 Å². The van der Waals surface area contributed by atoms with E-state index in [1.54, 1.807) is 48.5 Å². The average Bonchev–Trinajstić information content (AvgIpc) is 3.58. The summed E-state index contributed by atoms with van der Waals surface area (Å²) >= 11 is 0. The van der Waals surface area contributed by atoms with Gasteiger partial charge >= 0.3 is 12.1 Å². The van der Waals surface area contributed by atoms with Gasteiger partial charge in [-0.1, -0.05) is 0 Å². The van der Waals surface area contributed by atoms with Crippen molar-refractivity contribution in [3.8, 4) is 0 Å². The van der Waals surface area contributed by atoms with Crippen LogP contribution < -0.4 is 21.3 Å². The molecule has 0 spiro atoms. The summed E-state index contributed by atoms with van der Waals surface area (Å²) in [6.45, 7) is 11.7. The van der Waals surface area contributed by atoms with Crippen LogP contribution >= 0.6 is 0 Å². The maximum absolute atomic E-state index is 13.2. The van der Waals surface area contributed by atoms with Crippen molar-refractivity contribution in [2.75, 3.05) is 20.2 Å². The van der Waals surface area contributed by atoms with Crippen molar-refractivity contribution in [1.29, 1.82) is 0 Å². The molecule has 4 fully saturated rings. The standard InChI is InChI=1S/C28H44N4O13/c1-26(2,3)45-25(37)32-16-18(40-24-20(16)42-28(6,7)44-24)22(36)29-11-9-13(33)31-15-17(21(35)30-12-10-14(34)38-8)39-23-19(15)41-27(4,5)43-23/h15-20,23-24H,9-12H2,1-8H3,(H,29,36)(H,30,35)(H,31,33)(H,32,37)/t15-,16-,17+,18+,19-,20-,23-,24-/m1/s1. The smallest absolute Gasteiger partial charge is 0.408 e. The minimum atomic E-state index is -1.19. The Labute approximate surface area is 260 Å². The number of rotatable bonds is 10. The second-order valence-corrected chi connectivity index (χ2v) is 13.0. The highest BCUT2D eigenvalue weighted by Crippen LogP contribution is 2.39. The van der Waals surface area contributed by atoms with Crippen molar-refractivity contribution in [1.82, 2.24) is 21.3 Å². The Bertz CT molecular complexity index is 1160. The molecule has 4 rings (SSSR count). The third-order valence-electron chi connectivity index (χ3n) is 7.13. The van der Waals surface area contributed by atoms with Crippen LogP contribution in [0.5, 0.6) is 0 Å². The van der Waals surface area contributed by atoms with E-state index in [0.29, 0.717) is 0 Å². The third kappa shape index (κ3) is 8.80. The van der Waals surface area contributed by atoms with Gasteiger partial charge in [0.05, 0.1) is 25.6 Å². The normalized spacial score (nSPS) is 32.6. The Hall–Kier alpha value is -3.09. The van der Waals surface area contributed by atoms with Gasteiger partial charge in [0.15, 0.2) is 36.4 Å². The number of hydrogen-bond donors (Lipinski definition) is 4. The molecule has 4 N–H and O–H groups in total. The monoisotopic (exact) mass is 644 g/mol. The lowest BCUT2D eigenvalue weighted by atomic mass is 10.1. The Morgan fingerprint density at radius 1 is 0.711 bits per heavy atom. The zero-order chi connectivity index (χ0) is 33.3. The quantitative estimate of drug-likeness (QED) is 0.217. The lowest BCUT2D eigenvalue weighted by Gasteiger charge is -2.27. The SMILES string of the molecule is COC(=O)CCNC(=O)[C@H]1O[C@@H]2OC(C)(C)O[C@@H]2[C@@H]1NC(=O)CCNC(=O)[C@H]1O[C@@H]2OC(C)(C)O[C@@H]2[C@@H]1NC(=O)OC(C)(C)C. The summed E-state index contributed by atoms with van der Waals surface area (Å²) in [4.78, 5) is 63.0. The van der Waals surface area contributed by atoms with Crippen LogP contribution in [0.2, 0.25) is 0 Å². The predicted octanol–water partition coefficient (Wildman–Crippen LogP) is -0.697. The Morgan fingerprint density at radius 3 is 1.64 bits per heavy atom. The zero-order valence-corrected chi connectivity index (χ0v) is 26.8. The first kappa shape index (κ1) is 34.8. The minimum Gasteiger partial charge on any atom is -0.469 e. The summed E-state index contributed by atoms with van der Waals surface area (Å²) in [5.41, 5.74) is -0.779. The zero-order valence-electron chi connectivity index (χ0n) is 26.8. The van der Waals surface area contributed by atoms with E-state index in [9.17, 15) is 24.0 Å². The molecule has 0 saturated carbocycles. The summed E-state index contributed by atoms with van der Waals surface area (Å²) < 4.78 is 44.7. The van der Waals surface area contributed by atoms with Gasteiger partial charge in [0.2, 0.25) is 5.91 Å². The van der Waals surface area contributed by atoms with Crippen LogP contribution in [0.4, 0.5) is 4.79 Å². The molecule has 45 heavy (non-hydrogen) atoms. The first-order valence-corrected chi connectivity index (χ1v) is 14.8. The molecule has 4 heterocycles. The van der Waals surface area contributed by atoms with Gasteiger partial charge in [-0.05, 0) is 48.5 Å². The molecule has 254 valence electrons. The number of hydrogen-bond acceptors (Lipinski definition) is 13. The lowest BCUT2D eigenvalue weighted by molar-refractivity contribution is -0.208. The molecular formula is C28H44N4O13. The van der Waals surface area contributed by atoms with Crippen LogP contribution in [0.15, 0.2) is 0 Å². The van der Waals surface area contributed by atoms with Crippen LogP contribution in [0.25, 0.3) is 0 Å². The van der Waals surface area contributed by atoms with Crippen molar-refractivity contribution in [2.45, 2.75) is 128 Å². The molecule has 8 atom stereocenters. The Kier molecular flexibility index (Phi) is 10.3. The summed E-state index contributed by atoms with van der Waals surface area (Å²) in [5, 5.41) is 10.6. The summed E-state index contributed by atoms with van der Waals surface area (Å²) in [7, 11) is 1.24. The van der Waals surface area contributed by atoms with E-state index in [1.807, 2.05) is 0 Å². The Morgan fingerprint density at radius 2 is 1.18 bits per heavy atom. The van der Waals surface area contributed by atoms with Crippen LogP contribution in [-0.4, -0.2) is 116 Å². The van der Waals surface area contributed by atoms with E-state index in [2.05, 4.69) is 26.0 Å². The highest BCUT2D eigenvalue weighted by Gasteiger charge is 2.58. The maximum Gasteiger partial charge on any atom is 0.408 e. The first-order valence-electron chi connectivity index (χ1n) is 14.8. The molecule has 4 saturated heterocycles. The second-order valence-electron chi connectivity index (χ2n) is 13.0. The third-order valence-corrected chi connectivity index (χ3v) is 7.13. The topological polar surface area (TPSA) is 207 Å². The van der Waals surface area contributed by atoms with E-state index in [-0.39, 0.29) is 25.9 Å². The highest BCUT2D eigenvalue weighted by atomic mass is 16.8. The van der Waals surface area contributed by atoms with Crippen molar-refractivity contribution in [3.05, 3.63) is 0 Å². The summed E-state index contributed by atoms with van der Waals surface area (Å²) in [6, 6.07) is -1.86. The van der Waals surface area contributed by atoms with E-state index >= 15 is 0 Å². The van der Waals surface area contributed by atoms with Crippen molar-refractivity contribution >= 4 is 29.8 Å². The molecule has 17 heteroatoms. The fourth-order valence-corrected chi connectivity index (χ4v) is 5.37. The molecule has 0 aromatic carbocycles. The molecule has 4 aliphatic heterocycles. The van der Waals surface area contributed by atoms with Crippen LogP contribution in [0.1, 0.15) is 61.3 Å². The van der Waals surface area contributed by atoms with E-state index in [4.69, 9.17) is 33.2 Å². The van der Waals surface area contributed by atoms with Gasteiger partial charge in [0, 0.05) is 19.5 Å². The van der Waals surface area contributed by atoms with Crippen molar-refractivity contribution < 1.29 is 61.9 Å². The van der Waals surface area contributed by atoms with Gasteiger partial charge in [-0.2, -0.15) is 0 Å². The number of esters is 1. The number of ether oxygens (including phenoxy) is 8. The van der Waals surface area contributed by atoms with Crippen LogP contribution in [-0.2, 0) is 57.1 Å². The van der Waals surface area contributed by atoms with E-state index < -0.39 is 96.0 Å². The van der Waals surface area contributed by atoms with E-state index in [0.717, 1.165) is 0 Å². The predicted molar refractivity (Wildman–Crippen MR) is 150 cm³/mol. The summed E-state index contributed by atoms with van der Waals surface area (Å²) in [5.74, 6) is -4.19. The molecule has 4 aliphatic rings. The van der Waals surface area contributed by atoms with Crippen LogP contribution in [0.3, 0.4) is 0 Å². The van der Waals surface area contributed by atoms with Crippen LogP contribution in [0, 0.1) is 0 Å². The fourth-order valence-electron chi connectivity index (χ4n) is 5.37. The second kappa shape index (κ2) is 13.3. The molecule has 0 aromatic heterocycles. The van der Waals surface area contributed by atoms with Gasteiger partial charge in [-0.3, -0.25) is 19.2 Å². The largest absolute Gasteiger partial charge is 0.469 e. The number of carbonyl (C=O) groups is 5. The number of fused-ring (bicyclic) bond motifs is 2. The number of methoxy groups -OCH3 is 1. The molecule has 0 aromatic rings. The molecule has 0 unspecified atom stereocenters. The molecular weight excluding hydrogens is 600 g/mol. The van der Waals surface area contributed by atoms with Gasteiger partial charge in [-0.25, -0.2) is 4.79 Å². The molecule has 4 amide bonds. The highest BCUT2D eigenvalue weighted by molar-refractivity contribution is 5.86. The number of nitrogens with one attached hydrogen (secondary N) is 4. The molecule has 0 radical (unpaired) electrons. The first-order chi connectivity index (χ1) is 20.9. The Balaban J connectivity index is 1.33. The maximum atomic E-state index is 13.2. The lowest BCUT2D eigenvalue weighted by Crippen LogP contribution is -2.55. The van der Waals surface area contributed by atoms with Gasteiger partial charge in [-0.15, -0.1) is 0 Å². The summed E-state index contributed by atoms with van der Waals surface area (Å²) in [6.07, 6.45) is -6.74. The number of amides is 4. The molecule has 17 nitrogen and oxygen atoms in total. The molecule has 0 aliphatic carbocycles. The van der Waals surface area contributed by atoms with Crippen molar-refractivity contribution in [3.63, 3.8) is 0 Å². The van der Waals surface area contributed by atoms with Gasteiger partial charge < -0.3 is 59.2 Å². The molecule has 0 bridgehead atoms. The van der Waals surface area contributed by atoms with Crippen molar-refractivity contribution in [2.24, 2.45) is 0 Å². The van der Waals surface area contributed by atoms with Gasteiger partial charge in [0.25, 0.3) is 11.8 Å². The number of carbonyl (C=O) groups excluding carboxylic acids is 5. The number of alkyl carbamates (subject to hydrolysis) is 1. The van der Waals surface area contributed by atoms with Gasteiger partial charge in [0.1, 0.15) is 17.8 Å². The fraction of sp³-hybridized carbons (Fsp3) is 0.821. The average molecular weight is 645 g/mol.